The monoisotopic (exact) mass is 496 g/mol. The Morgan fingerprint density at radius 3 is 2.92 bits per heavy atom. The van der Waals surface area contributed by atoms with E-state index in [2.05, 4.69) is 27.5 Å². The Balaban J connectivity index is 0.00000338. The second-order valence-electron chi connectivity index (χ2n) is 6.52. The van der Waals surface area contributed by atoms with Crippen LogP contribution in [0.15, 0.2) is 10.4 Å². The lowest BCUT2D eigenvalue weighted by Crippen LogP contribution is -2.38. The number of rotatable bonds is 11. The first-order valence-electron chi connectivity index (χ1n) is 9.18. The zero-order valence-electron chi connectivity index (χ0n) is 16.4. The van der Waals surface area contributed by atoms with E-state index in [9.17, 15) is 0 Å². The molecule has 1 N–H and O–H groups in total. The molecule has 1 aliphatic rings. The van der Waals surface area contributed by atoms with Gasteiger partial charge in [-0.25, -0.2) is 4.98 Å². The molecular formula is C18H33IN4O2S. The van der Waals surface area contributed by atoms with E-state index in [0.717, 1.165) is 61.8 Å². The third kappa shape index (κ3) is 8.49. The third-order valence-corrected chi connectivity index (χ3v) is 5.18. The molecule has 0 radical (unpaired) electrons. The fraction of sp³-hybridized carbons (Fsp3) is 0.778. The number of hydrogen-bond acceptors (Lipinski definition) is 5. The highest BCUT2D eigenvalue weighted by molar-refractivity contribution is 14.0. The van der Waals surface area contributed by atoms with Crippen molar-refractivity contribution < 1.29 is 9.47 Å². The summed E-state index contributed by atoms with van der Waals surface area (Å²) in [5, 5.41) is 6.46. The van der Waals surface area contributed by atoms with Gasteiger partial charge in [0, 0.05) is 45.8 Å². The van der Waals surface area contributed by atoms with Crippen molar-refractivity contribution >= 4 is 41.3 Å². The number of nitrogens with one attached hydrogen (secondary N) is 1. The highest BCUT2D eigenvalue weighted by Crippen LogP contribution is 2.28. The average molecular weight is 496 g/mol. The predicted octanol–water partition coefficient (Wildman–Crippen LogP) is 3.68. The van der Waals surface area contributed by atoms with E-state index in [0.29, 0.717) is 0 Å². The van der Waals surface area contributed by atoms with Crippen molar-refractivity contribution in [1.29, 1.82) is 0 Å². The summed E-state index contributed by atoms with van der Waals surface area (Å²) < 4.78 is 11.0. The fourth-order valence-electron chi connectivity index (χ4n) is 2.36. The first-order valence-corrected chi connectivity index (χ1v) is 10.1. The Kier molecular flexibility index (Phi) is 11.7. The van der Waals surface area contributed by atoms with Gasteiger partial charge in [-0.05, 0) is 39.0 Å². The largest absolute Gasteiger partial charge is 0.381 e. The summed E-state index contributed by atoms with van der Waals surface area (Å²) in [6.45, 7) is 8.19. The van der Waals surface area contributed by atoms with Gasteiger partial charge in [0.25, 0.3) is 0 Å². The maximum Gasteiger partial charge on any atom is 0.194 e. The van der Waals surface area contributed by atoms with Gasteiger partial charge in [0.1, 0.15) is 11.1 Å². The van der Waals surface area contributed by atoms with Gasteiger partial charge in [0.15, 0.2) is 5.96 Å². The topological polar surface area (TPSA) is 59.0 Å². The Hall–Kier alpha value is -0.450. The van der Waals surface area contributed by atoms with Crippen LogP contribution < -0.4 is 5.32 Å². The zero-order valence-corrected chi connectivity index (χ0v) is 19.5. The van der Waals surface area contributed by atoms with Crippen LogP contribution in [-0.2, 0) is 16.0 Å². The molecule has 0 spiro atoms. The first-order chi connectivity index (χ1) is 12.1. The van der Waals surface area contributed by atoms with Crippen molar-refractivity contribution in [2.24, 2.45) is 10.9 Å². The van der Waals surface area contributed by atoms with Gasteiger partial charge in [-0.1, -0.05) is 0 Å². The summed E-state index contributed by atoms with van der Waals surface area (Å²) >= 11 is 1.64. The second-order valence-corrected chi connectivity index (χ2v) is 7.41. The number of aliphatic imine (C=N–C) groups is 1. The Bertz CT molecular complexity index is 537. The molecule has 0 bridgehead atoms. The Morgan fingerprint density at radius 1 is 1.50 bits per heavy atom. The fourth-order valence-corrected chi connectivity index (χ4v) is 3.20. The van der Waals surface area contributed by atoms with Gasteiger partial charge in [-0.2, -0.15) is 0 Å². The molecule has 1 heterocycles. The summed E-state index contributed by atoms with van der Waals surface area (Å²) in [5.74, 6) is 1.75. The van der Waals surface area contributed by atoms with Crippen LogP contribution in [0.5, 0.6) is 0 Å². The van der Waals surface area contributed by atoms with Crippen LogP contribution in [0.1, 0.15) is 49.9 Å². The van der Waals surface area contributed by atoms with Gasteiger partial charge in [0.05, 0.1) is 12.2 Å². The molecule has 1 aromatic heterocycles. The van der Waals surface area contributed by atoms with Gasteiger partial charge in [-0.15, -0.1) is 35.3 Å². The molecule has 1 aliphatic carbocycles. The number of halogens is 1. The molecule has 1 aromatic rings. The number of thiazole rings is 1. The molecule has 2 rings (SSSR count). The van der Waals surface area contributed by atoms with E-state index in [-0.39, 0.29) is 30.1 Å². The molecule has 0 saturated heterocycles. The molecule has 8 heteroatoms. The lowest BCUT2D eigenvalue weighted by Gasteiger charge is -2.21. The maximum atomic E-state index is 5.67. The van der Waals surface area contributed by atoms with E-state index >= 15 is 0 Å². The molecular weight excluding hydrogens is 463 g/mol. The summed E-state index contributed by atoms with van der Waals surface area (Å²) in [6, 6.07) is 0. The lowest BCUT2D eigenvalue weighted by molar-refractivity contribution is 0.119. The van der Waals surface area contributed by atoms with E-state index in [1.165, 1.54) is 12.8 Å². The predicted molar refractivity (Wildman–Crippen MR) is 119 cm³/mol. The molecule has 1 atom stereocenters. The van der Waals surface area contributed by atoms with Crippen molar-refractivity contribution in [2.45, 2.75) is 45.8 Å². The zero-order chi connectivity index (χ0) is 18.1. The number of hydrogen-bond donors (Lipinski definition) is 1. The van der Waals surface area contributed by atoms with E-state index in [4.69, 9.17) is 14.5 Å². The number of guanidine groups is 1. The van der Waals surface area contributed by atoms with Crippen LogP contribution >= 0.6 is 35.3 Å². The minimum Gasteiger partial charge on any atom is -0.381 e. The van der Waals surface area contributed by atoms with Crippen LogP contribution in [-0.4, -0.2) is 56.3 Å². The lowest BCUT2D eigenvalue weighted by atomic mass is 10.4. The molecule has 0 amide bonds. The molecule has 26 heavy (non-hydrogen) atoms. The Morgan fingerprint density at radius 2 is 2.27 bits per heavy atom. The van der Waals surface area contributed by atoms with Crippen LogP contribution in [0.25, 0.3) is 0 Å². The normalized spacial score (nSPS) is 15.5. The van der Waals surface area contributed by atoms with Gasteiger partial charge < -0.3 is 19.7 Å². The minimum absolute atomic E-state index is 0. The van der Waals surface area contributed by atoms with Crippen molar-refractivity contribution in [3.63, 3.8) is 0 Å². The van der Waals surface area contributed by atoms with Gasteiger partial charge >= 0.3 is 0 Å². The van der Waals surface area contributed by atoms with E-state index in [1.807, 2.05) is 14.0 Å². The van der Waals surface area contributed by atoms with Crippen molar-refractivity contribution in [3.8, 4) is 0 Å². The number of ether oxygens (including phenoxy) is 2. The summed E-state index contributed by atoms with van der Waals surface area (Å²) in [7, 11) is 3.76. The summed E-state index contributed by atoms with van der Waals surface area (Å²) in [5.41, 5.74) is 1.05. The van der Waals surface area contributed by atoms with Crippen LogP contribution in [0.2, 0.25) is 0 Å². The number of aromatic nitrogens is 1. The first kappa shape index (κ1) is 23.6. The summed E-state index contributed by atoms with van der Waals surface area (Å²) in [6.07, 6.45) is 3.69. The average Bonchev–Trinajstić information content (AvgIpc) is 3.32. The quantitative estimate of drug-likeness (QED) is 0.219. The van der Waals surface area contributed by atoms with Gasteiger partial charge in [-0.3, -0.25) is 4.99 Å². The molecule has 0 aliphatic heterocycles. The number of nitrogens with zero attached hydrogens (tertiary/aromatic N) is 3. The number of methoxy groups -OCH3 is 1. The van der Waals surface area contributed by atoms with Crippen LogP contribution in [0.3, 0.4) is 0 Å². The van der Waals surface area contributed by atoms with E-state index in [1.54, 1.807) is 18.4 Å². The minimum atomic E-state index is 0. The highest BCUT2D eigenvalue weighted by atomic mass is 127. The smallest absolute Gasteiger partial charge is 0.194 e. The molecule has 150 valence electrons. The standard InChI is InChI=1S/C18H32N4O2S.HI/c1-5-19-18(20-9-6-10-24-12-15-7-8-15)22(3)11-16-13-25-17(21-16)14(2)23-4;/h13-15H,5-12H2,1-4H3,(H,19,20);1H. The summed E-state index contributed by atoms with van der Waals surface area (Å²) in [4.78, 5) is 11.5. The maximum absolute atomic E-state index is 5.67. The molecule has 1 saturated carbocycles. The van der Waals surface area contributed by atoms with Crippen molar-refractivity contribution in [3.05, 3.63) is 16.1 Å². The third-order valence-electron chi connectivity index (χ3n) is 4.13. The van der Waals surface area contributed by atoms with E-state index < -0.39 is 0 Å². The van der Waals surface area contributed by atoms with Gasteiger partial charge in [0.2, 0.25) is 0 Å². The SMILES string of the molecule is CCNC(=NCCCOCC1CC1)N(C)Cc1csc(C(C)OC)n1.I. The van der Waals surface area contributed by atoms with Crippen LogP contribution in [0.4, 0.5) is 0 Å². The van der Waals surface area contributed by atoms with Crippen molar-refractivity contribution in [1.82, 2.24) is 15.2 Å². The molecule has 1 unspecified atom stereocenters. The Labute approximate surface area is 178 Å². The molecule has 6 nitrogen and oxygen atoms in total. The molecule has 0 aromatic carbocycles. The van der Waals surface area contributed by atoms with Crippen LogP contribution in [0, 0.1) is 5.92 Å². The second kappa shape index (κ2) is 12.9. The highest BCUT2D eigenvalue weighted by Gasteiger charge is 2.20. The van der Waals surface area contributed by atoms with Crippen molar-refractivity contribution in [2.75, 3.05) is 40.5 Å². The molecule has 1 fully saturated rings.